The third kappa shape index (κ3) is 2.11. The van der Waals surface area contributed by atoms with E-state index in [1.807, 2.05) is 19.1 Å². The average molecular weight is 276 g/mol. The van der Waals surface area contributed by atoms with Crippen molar-refractivity contribution in [2.24, 2.45) is 5.73 Å². The zero-order valence-electron chi connectivity index (χ0n) is 10.7. The molecule has 0 saturated carbocycles. The predicted molar refractivity (Wildman–Crippen MR) is 75.2 cm³/mol. The van der Waals surface area contributed by atoms with Gasteiger partial charge in [0.2, 0.25) is 0 Å². The molecular weight excluding hydrogens is 260 g/mol. The number of fused-ring (bicyclic) bond motifs is 1. The standard InChI is InChI=1S/C13H16N4OS/c1-2-17-12(18)15-16-13(17)19-10-7-8-5-3-4-6-9(8)11(10)14/h3-6,10-11H,2,7,14H2,1H3,(H,15,18). The lowest BCUT2D eigenvalue weighted by molar-refractivity contribution is 0.652. The smallest absolute Gasteiger partial charge is 0.323 e. The van der Waals surface area contributed by atoms with Gasteiger partial charge in [-0.2, -0.15) is 0 Å². The summed E-state index contributed by atoms with van der Waals surface area (Å²) < 4.78 is 1.64. The normalized spacial score (nSPS) is 21.6. The molecule has 1 aliphatic carbocycles. The fourth-order valence-electron chi connectivity index (χ4n) is 2.51. The summed E-state index contributed by atoms with van der Waals surface area (Å²) >= 11 is 1.58. The van der Waals surface area contributed by atoms with E-state index in [-0.39, 0.29) is 17.0 Å². The molecule has 1 aromatic carbocycles. The molecule has 2 aromatic rings. The largest absolute Gasteiger partial charge is 0.343 e. The Hall–Kier alpha value is -1.53. The number of nitrogens with one attached hydrogen (secondary N) is 1. The summed E-state index contributed by atoms with van der Waals surface area (Å²) in [5, 5.41) is 7.53. The Morgan fingerprint density at radius 3 is 3.05 bits per heavy atom. The fourth-order valence-corrected chi connectivity index (χ4v) is 3.78. The second kappa shape index (κ2) is 4.86. The number of thioether (sulfide) groups is 1. The van der Waals surface area contributed by atoms with E-state index in [9.17, 15) is 4.79 Å². The highest BCUT2D eigenvalue weighted by Gasteiger charge is 2.31. The molecule has 0 amide bonds. The average Bonchev–Trinajstić information content (AvgIpc) is 2.92. The number of nitrogens with two attached hydrogens (primary N) is 1. The highest BCUT2D eigenvalue weighted by Crippen LogP contribution is 2.39. The van der Waals surface area contributed by atoms with Gasteiger partial charge in [-0.05, 0) is 24.5 Å². The van der Waals surface area contributed by atoms with Gasteiger partial charge in [0.05, 0.1) is 0 Å². The first-order valence-corrected chi connectivity index (χ1v) is 7.24. The van der Waals surface area contributed by atoms with E-state index in [0.29, 0.717) is 6.54 Å². The van der Waals surface area contributed by atoms with E-state index < -0.39 is 0 Å². The van der Waals surface area contributed by atoms with Gasteiger partial charge in [-0.3, -0.25) is 4.57 Å². The van der Waals surface area contributed by atoms with Crippen molar-refractivity contribution in [3.63, 3.8) is 0 Å². The Bertz CT molecular complexity index is 648. The van der Waals surface area contributed by atoms with Crippen LogP contribution in [0.2, 0.25) is 0 Å². The zero-order chi connectivity index (χ0) is 13.4. The third-order valence-corrected chi connectivity index (χ3v) is 4.82. The Morgan fingerprint density at radius 1 is 1.53 bits per heavy atom. The molecule has 0 bridgehead atoms. The van der Waals surface area contributed by atoms with Gasteiger partial charge in [-0.15, -0.1) is 5.10 Å². The van der Waals surface area contributed by atoms with Crippen LogP contribution < -0.4 is 11.4 Å². The first-order chi connectivity index (χ1) is 9.20. The maximum absolute atomic E-state index is 11.5. The molecule has 0 radical (unpaired) electrons. The molecule has 1 heterocycles. The van der Waals surface area contributed by atoms with E-state index in [0.717, 1.165) is 11.6 Å². The van der Waals surface area contributed by atoms with Crippen LogP contribution in [0.1, 0.15) is 24.1 Å². The highest BCUT2D eigenvalue weighted by molar-refractivity contribution is 7.99. The van der Waals surface area contributed by atoms with Gasteiger partial charge in [0, 0.05) is 17.8 Å². The van der Waals surface area contributed by atoms with Gasteiger partial charge in [0.15, 0.2) is 5.16 Å². The van der Waals surface area contributed by atoms with Crippen molar-refractivity contribution in [3.8, 4) is 0 Å². The van der Waals surface area contributed by atoms with E-state index in [1.54, 1.807) is 16.3 Å². The van der Waals surface area contributed by atoms with Crippen molar-refractivity contribution in [2.45, 2.75) is 36.3 Å². The molecule has 19 heavy (non-hydrogen) atoms. The third-order valence-electron chi connectivity index (χ3n) is 3.53. The number of H-pyrrole nitrogens is 1. The van der Waals surface area contributed by atoms with Crippen LogP contribution >= 0.6 is 11.8 Å². The summed E-state index contributed by atoms with van der Waals surface area (Å²) in [5.41, 5.74) is 8.64. The molecular formula is C13H16N4OS. The van der Waals surface area contributed by atoms with Crippen molar-refractivity contribution < 1.29 is 0 Å². The summed E-state index contributed by atoms with van der Waals surface area (Å²) in [6, 6.07) is 8.25. The summed E-state index contributed by atoms with van der Waals surface area (Å²) in [5.74, 6) is 0. The molecule has 1 aromatic heterocycles. The number of aromatic amines is 1. The molecule has 0 fully saturated rings. The quantitative estimate of drug-likeness (QED) is 0.886. The number of hydrogen-bond donors (Lipinski definition) is 2. The van der Waals surface area contributed by atoms with Crippen LogP contribution in [0, 0.1) is 0 Å². The molecule has 1 aliphatic rings. The lowest BCUT2D eigenvalue weighted by Crippen LogP contribution is -2.21. The summed E-state index contributed by atoms with van der Waals surface area (Å²) in [4.78, 5) is 11.5. The molecule has 2 unspecified atom stereocenters. The second-order valence-electron chi connectivity index (χ2n) is 4.64. The first kappa shape index (κ1) is 12.5. The first-order valence-electron chi connectivity index (χ1n) is 6.36. The Kier molecular flexibility index (Phi) is 3.20. The summed E-state index contributed by atoms with van der Waals surface area (Å²) in [7, 11) is 0. The van der Waals surface area contributed by atoms with E-state index in [4.69, 9.17) is 5.73 Å². The summed E-state index contributed by atoms with van der Waals surface area (Å²) in [6.07, 6.45) is 0.923. The van der Waals surface area contributed by atoms with Gasteiger partial charge in [0.1, 0.15) is 0 Å². The van der Waals surface area contributed by atoms with E-state index in [2.05, 4.69) is 22.3 Å². The number of hydrogen-bond acceptors (Lipinski definition) is 4. The SMILES string of the molecule is CCn1c(SC2Cc3ccccc3C2N)n[nH]c1=O. The Balaban J connectivity index is 1.85. The van der Waals surface area contributed by atoms with Crippen LogP contribution in [-0.2, 0) is 13.0 Å². The number of rotatable bonds is 3. The van der Waals surface area contributed by atoms with Crippen LogP contribution in [0.3, 0.4) is 0 Å². The van der Waals surface area contributed by atoms with Gasteiger partial charge in [0.25, 0.3) is 0 Å². The van der Waals surface area contributed by atoms with Crippen LogP contribution in [-0.4, -0.2) is 20.0 Å². The van der Waals surface area contributed by atoms with Gasteiger partial charge >= 0.3 is 5.69 Å². The molecule has 3 N–H and O–H groups in total. The van der Waals surface area contributed by atoms with Gasteiger partial charge < -0.3 is 5.73 Å². The maximum atomic E-state index is 11.5. The Morgan fingerprint density at radius 2 is 2.32 bits per heavy atom. The zero-order valence-corrected chi connectivity index (χ0v) is 11.5. The molecule has 3 rings (SSSR count). The topological polar surface area (TPSA) is 76.7 Å². The minimum Gasteiger partial charge on any atom is -0.323 e. The predicted octanol–water partition coefficient (Wildman–Crippen LogP) is 1.31. The molecule has 0 saturated heterocycles. The van der Waals surface area contributed by atoms with Gasteiger partial charge in [-0.25, -0.2) is 9.89 Å². The molecule has 2 atom stereocenters. The molecule has 6 heteroatoms. The Labute approximate surface area is 115 Å². The van der Waals surface area contributed by atoms with Crippen molar-refractivity contribution in [1.29, 1.82) is 0 Å². The maximum Gasteiger partial charge on any atom is 0.343 e. The minimum atomic E-state index is -0.158. The van der Waals surface area contributed by atoms with Crippen molar-refractivity contribution in [1.82, 2.24) is 14.8 Å². The van der Waals surface area contributed by atoms with Gasteiger partial charge in [-0.1, -0.05) is 36.0 Å². The highest BCUT2D eigenvalue weighted by atomic mass is 32.2. The van der Waals surface area contributed by atoms with Crippen LogP contribution in [0.25, 0.3) is 0 Å². The summed E-state index contributed by atoms with van der Waals surface area (Å²) in [6.45, 7) is 2.55. The number of benzene rings is 1. The molecule has 0 aliphatic heterocycles. The van der Waals surface area contributed by atoms with Crippen molar-refractivity contribution >= 4 is 11.8 Å². The van der Waals surface area contributed by atoms with Crippen molar-refractivity contribution in [3.05, 3.63) is 45.9 Å². The fraction of sp³-hybridized carbons (Fsp3) is 0.385. The lowest BCUT2D eigenvalue weighted by atomic mass is 10.1. The van der Waals surface area contributed by atoms with E-state index >= 15 is 0 Å². The number of aromatic nitrogens is 3. The van der Waals surface area contributed by atoms with Crippen molar-refractivity contribution in [2.75, 3.05) is 0 Å². The monoisotopic (exact) mass is 276 g/mol. The molecule has 5 nitrogen and oxygen atoms in total. The minimum absolute atomic E-state index is 0.00157. The molecule has 0 spiro atoms. The van der Waals surface area contributed by atoms with Crippen LogP contribution in [0.4, 0.5) is 0 Å². The number of nitrogens with zero attached hydrogens (tertiary/aromatic N) is 2. The molecule has 100 valence electrons. The lowest BCUT2D eigenvalue weighted by Gasteiger charge is -2.14. The van der Waals surface area contributed by atoms with Crippen LogP contribution in [0.5, 0.6) is 0 Å². The second-order valence-corrected chi connectivity index (χ2v) is 5.85. The van der Waals surface area contributed by atoms with E-state index in [1.165, 1.54) is 11.1 Å². The van der Waals surface area contributed by atoms with Crippen LogP contribution in [0.15, 0.2) is 34.2 Å².